The van der Waals surface area contributed by atoms with Crippen LogP contribution in [0, 0.1) is 6.54 Å². The summed E-state index contributed by atoms with van der Waals surface area (Å²) in [5.74, 6) is 0. The number of hydrogen-bond acceptors (Lipinski definition) is 2. The van der Waals surface area contributed by atoms with Crippen molar-refractivity contribution in [3.63, 3.8) is 0 Å². The fraction of sp³-hybridized carbons (Fsp3) is 0.364. The van der Waals surface area contributed by atoms with Crippen LogP contribution in [0.1, 0.15) is 5.56 Å². The van der Waals surface area contributed by atoms with E-state index >= 15 is 0 Å². The van der Waals surface area contributed by atoms with Crippen molar-refractivity contribution in [2.24, 2.45) is 0 Å². The van der Waals surface area contributed by atoms with Crippen molar-refractivity contribution < 1.29 is 0 Å². The minimum atomic E-state index is 0.615. The van der Waals surface area contributed by atoms with Gasteiger partial charge in [-0.15, -0.1) is 0 Å². The Balaban J connectivity index is 2.00. The predicted octanol–water partition coefficient (Wildman–Crippen LogP) is 2.56. The van der Waals surface area contributed by atoms with Crippen molar-refractivity contribution in [1.82, 2.24) is 10.2 Å². The Morgan fingerprint density at radius 2 is 2.13 bits per heavy atom. The van der Waals surface area contributed by atoms with Gasteiger partial charge in [0.15, 0.2) is 0 Å². The third-order valence-corrected chi connectivity index (χ3v) is 3.18. The fourth-order valence-electron chi connectivity index (χ4n) is 1.63. The van der Waals surface area contributed by atoms with Gasteiger partial charge in [-0.3, -0.25) is 4.90 Å². The van der Waals surface area contributed by atoms with Crippen LogP contribution < -0.4 is 5.32 Å². The molecule has 0 spiro atoms. The molecule has 0 saturated carbocycles. The summed E-state index contributed by atoms with van der Waals surface area (Å²) in [6.07, 6.45) is 0. The molecule has 1 aromatic carbocycles. The molecule has 1 N–H and O–H groups in total. The van der Waals surface area contributed by atoms with Gasteiger partial charge in [0.2, 0.25) is 0 Å². The van der Waals surface area contributed by atoms with Crippen LogP contribution in [0.15, 0.2) is 18.2 Å². The largest absolute Gasteiger partial charge is 0.314 e. The lowest BCUT2D eigenvalue weighted by Gasteiger charge is -2.26. The fourth-order valence-corrected chi connectivity index (χ4v) is 1.95. The average molecular weight is 244 g/mol. The molecule has 15 heavy (non-hydrogen) atoms. The van der Waals surface area contributed by atoms with Crippen molar-refractivity contribution in [2.45, 2.75) is 6.54 Å². The lowest BCUT2D eigenvalue weighted by atomic mass is 10.2. The van der Waals surface area contributed by atoms with Crippen LogP contribution in [-0.4, -0.2) is 24.5 Å². The maximum Gasteiger partial charge on any atom is 0.0595 e. The maximum absolute atomic E-state index is 5.96. The van der Waals surface area contributed by atoms with Gasteiger partial charge >= 0.3 is 0 Å². The van der Waals surface area contributed by atoms with Crippen LogP contribution in [-0.2, 0) is 6.54 Å². The molecule has 4 heteroatoms. The first-order valence-corrected chi connectivity index (χ1v) is 5.73. The molecule has 0 amide bonds. The second-order valence-corrected chi connectivity index (χ2v) is 4.42. The zero-order chi connectivity index (χ0) is 10.7. The Labute approximate surface area is 100 Å². The van der Waals surface area contributed by atoms with E-state index in [1.54, 1.807) is 0 Å². The van der Waals surface area contributed by atoms with Crippen LogP contribution in [0.25, 0.3) is 0 Å². The molecule has 2 nitrogen and oxygen atoms in total. The van der Waals surface area contributed by atoms with Gasteiger partial charge in [-0.2, -0.15) is 0 Å². The summed E-state index contributed by atoms with van der Waals surface area (Å²) in [6, 6.07) is 5.80. The number of rotatable bonds is 2. The Morgan fingerprint density at radius 1 is 1.27 bits per heavy atom. The molecular weight excluding hydrogens is 231 g/mol. The van der Waals surface area contributed by atoms with E-state index in [2.05, 4.69) is 16.8 Å². The van der Waals surface area contributed by atoms with E-state index in [9.17, 15) is 0 Å². The highest BCUT2D eigenvalue weighted by Crippen LogP contribution is 2.23. The summed E-state index contributed by atoms with van der Waals surface area (Å²) in [7, 11) is 0. The first kappa shape index (κ1) is 11.2. The van der Waals surface area contributed by atoms with Crippen LogP contribution in [0.3, 0.4) is 0 Å². The van der Waals surface area contributed by atoms with Crippen LogP contribution in [0.4, 0.5) is 0 Å². The normalized spacial score (nSPS) is 18.0. The van der Waals surface area contributed by atoms with E-state index in [0.717, 1.165) is 26.2 Å². The predicted molar refractivity (Wildman–Crippen MR) is 64.0 cm³/mol. The molecule has 0 bridgehead atoms. The zero-order valence-electron chi connectivity index (χ0n) is 8.34. The van der Waals surface area contributed by atoms with Gasteiger partial charge in [-0.1, -0.05) is 29.3 Å². The highest BCUT2D eigenvalue weighted by atomic mass is 35.5. The molecule has 0 unspecified atom stereocenters. The van der Waals surface area contributed by atoms with Crippen molar-refractivity contribution in [1.29, 1.82) is 0 Å². The molecule has 0 aliphatic carbocycles. The third-order valence-electron chi connectivity index (χ3n) is 2.44. The highest BCUT2D eigenvalue weighted by Gasteiger charge is 2.10. The third kappa shape index (κ3) is 3.08. The Bertz CT molecular complexity index is 335. The van der Waals surface area contributed by atoms with E-state index in [1.165, 1.54) is 5.56 Å². The van der Waals surface area contributed by atoms with Crippen LogP contribution >= 0.6 is 23.2 Å². The Kier molecular flexibility index (Phi) is 3.87. The van der Waals surface area contributed by atoms with E-state index in [1.807, 2.05) is 18.2 Å². The van der Waals surface area contributed by atoms with Crippen LogP contribution in [0.5, 0.6) is 0 Å². The van der Waals surface area contributed by atoms with Gasteiger partial charge in [0.25, 0.3) is 0 Å². The van der Waals surface area contributed by atoms with Gasteiger partial charge in [0, 0.05) is 32.7 Å². The molecule has 1 aromatic rings. The van der Waals surface area contributed by atoms with E-state index in [-0.39, 0.29) is 0 Å². The van der Waals surface area contributed by atoms with Crippen molar-refractivity contribution >= 4 is 23.2 Å². The molecule has 1 radical (unpaired) electrons. The summed E-state index contributed by atoms with van der Waals surface area (Å²) in [5.41, 5.74) is 1.20. The molecule has 1 saturated heterocycles. The molecule has 1 fully saturated rings. The quantitative estimate of drug-likeness (QED) is 0.860. The minimum absolute atomic E-state index is 0.615. The summed E-state index contributed by atoms with van der Waals surface area (Å²) in [6.45, 7) is 6.10. The van der Waals surface area contributed by atoms with E-state index in [4.69, 9.17) is 23.2 Å². The van der Waals surface area contributed by atoms with Crippen molar-refractivity contribution in [3.05, 3.63) is 40.4 Å². The summed E-state index contributed by atoms with van der Waals surface area (Å²) >= 11 is 11.8. The van der Waals surface area contributed by atoms with E-state index in [0.29, 0.717) is 10.0 Å². The molecule has 1 heterocycles. The molecule has 0 atom stereocenters. The number of halogens is 2. The summed E-state index contributed by atoms with van der Waals surface area (Å²) in [5, 5.41) is 4.52. The first-order chi connectivity index (χ1) is 7.25. The Hall–Kier alpha value is -0.280. The molecule has 1 aliphatic heterocycles. The molecule has 81 valence electrons. The minimum Gasteiger partial charge on any atom is -0.314 e. The molecule has 0 aromatic heterocycles. The lowest BCUT2D eigenvalue weighted by molar-refractivity contribution is 0.286. The van der Waals surface area contributed by atoms with Gasteiger partial charge in [0.1, 0.15) is 0 Å². The van der Waals surface area contributed by atoms with Crippen molar-refractivity contribution in [2.75, 3.05) is 19.6 Å². The number of benzene rings is 1. The topological polar surface area (TPSA) is 15.3 Å². The smallest absolute Gasteiger partial charge is 0.0595 e. The highest BCUT2D eigenvalue weighted by molar-refractivity contribution is 6.42. The summed E-state index contributed by atoms with van der Waals surface area (Å²) < 4.78 is 0. The van der Waals surface area contributed by atoms with Gasteiger partial charge in [0.05, 0.1) is 10.0 Å². The second-order valence-electron chi connectivity index (χ2n) is 3.61. The average Bonchev–Trinajstić information content (AvgIpc) is 2.25. The number of piperazine rings is 1. The lowest BCUT2D eigenvalue weighted by Crippen LogP contribution is -2.39. The molecule has 2 rings (SSSR count). The van der Waals surface area contributed by atoms with Gasteiger partial charge in [-0.05, 0) is 17.7 Å². The molecular formula is C11H13Cl2N2. The number of nitrogens with zero attached hydrogens (tertiary/aromatic N) is 1. The summed E-state index contributed by atoms with van der Waals surface area (Å²) in [4.78, 5) is 2.29. The van der Waals surface area contributed by atoms with E-state index < -0.39 is 0 Å². The SMILES string of the molecule is Clc1ccc(CN2[CH]CNCC2)cc1Cl. The first-order valence-electron chi connectivity index (χ1n) is 4.98. The Morgan fingerprint density at radius 3 is 2.80 bits per heavy atom. The number of nitrogens with one attached hydrogen (secondary N) is 1. The van der Waals surface area contributed by atoms with Crippen molar-refractivity contribution in [3.8, 4) is 0 Å². The van der Waals surface area contributed by atoms with Gasteiger partial charge < -0.3 is 5.32 Å². The zero-order valence-corrected chi connectivity index (χ0v) is 9.85. The second kappa shape index (κ2) is 5.17. The van der Waals surface area contributed by atoms with Crippen LogP contribution in [0.2, 0.25) is 10.0 Å². The molecule has 1 aliphatic rings. The monoisotopic (exact) mass is 243 g/mol. The van der Waals surface area contributed by atoms with Gasteiger partial charge in [-0.25, -0.2) is 0 Å². The number of hydrogen-bond donors (Lipinski definition) is 1. The maximum atomic E-state index is 5.96. The standard InChI is InChI=1S/C11H13Cl2N2/c12-10-2-1-9(7-11(10)13)8-15-5-3-14-4-6-15/h1-2,5,7,14H,3-4,6,8H2.